The summed E-state index contributed by atoms with van der Waals surface area (Å²) in [5, 5.41) is 0. The number of likely N-dealkylation sites (tertiary alicyclic amines) is 1. The molecule has 0 bridgehead atoms. The second-order valence-electron chi connectivity index (χ2n) is 5.33. The summed E-state index contributed by atoms with van der Waals surface area (Å²) in [5.41, 5.74) is 0. The topological polar surface area (TPSA) is 3.24 Å². The quantitative estimate of drug-likeness (QED) is 0.494. The molecule has 1 aliphatic carbocycles. The Labute approximate surface area is 100 Å². The fourth-order valence-corrected chi connectivity index (χ4v) is 3.72. The molecule has 1 saturated heterocycles. The maximum Gasteiger partial charge on any atom is 0.0784 e. The van der Waals surface area contributed by atoms with Gasteiger partial charge in [-0.15, -0.1) is 0 Å². The van der Waals surface area contributed by atoms with Gasteiger partial charge >= 0.3 is 0 Å². The Morgan fingerprint density at radius 1 is 1.33 bits per heavy atom. The molecule has 3 atom stereocenters. The lowest BCUT2D eigenvalue weighted by Crippen LogP contribution is -2.52. The highest BCUT2D eigenvalue weighted by Crippen LogP contribution is 2.40. The highest BCUT2D eigenvalue weighted by atomic mass is 32.1. The van der Waals surface area contributed by atoms with Gasteiger partial charge in [-0.25, -0.2) is 0 Å². The minimum absolute atomic E-state index is 0.437. The molecule has 1 nitrogen and oxygen atoms in total. The lowest BCUT2D eigenvalue weighted by molar-refractivity contribution is 0.120. The minimum atomic E-state index is 0.437. The van der Waals surface area contributed by atoms with Gasteiger partial charge in [-0.05, 0) is 39.0 Å². The van der Waals surface area contributed by atoms with Gasteiger partial charge in [-0.1, -0.05) is 30.9 Å². The fourth-order valence-electron chi connectivity index (χ4n) is 3.25. The molecule has 2 radical (unpaired) electrons. The molecule has 1 aliphatic heterocycles. The van der Waals surface area contributed by atoms with Crippen molar-refractivity contribution in [2.24, 2.45) is 5.92 Å². The van der Waals surface area contributed by atoms with Crippen LogP contribution in [0.3, 0.4) is 0 Å². The summed E-state index contributed by atoms with van der Waals surface area (Å²) in [5.74, 6) is 1.23. The average molecular weight is 221 g/mol. The van der Waals surface area contributed by atoms with Crippen molar-refractivity contribution in [2.75, 3.05) is 0 Å². The SMILES string of the molecule is [B]C1CCC2C(CCC(=S)N2C(C)C)C1. The first kappa shape index (κ1) is 11.4. The summed E-state index contributed by atoms with van der Waals surface area (Å²) in [4.78, 5) is 3.66. The number of piperidine rings is 1. The number of nitrogens with zero attached hydrogens (tertiary/aromatic N) is 1. The molecule has 15 heavy (non-hydrogen) atoms. The summed E-state index contributed by atoms with van der Waals surface area (Å²) >= 11 is 5.50. The molecule has 0 aromatic carbocycles. The zero-order valence-electron chi connectivity index (χ0n) is 9.78. The van der Waals surface area contributed by atoms with Crippen LogP contribution in [0.5, 0.6) is 0 Å². The minimum Gasteiger partial charge on any atom is -0.360 e. The van der Waals surface area contributed by atoms with E-state index in [9.17, 15) is 0 Å². The van der Waals surface area contributed by atoms with Crippen molar-refractivity contribution in [3.63, 3.8) is 0 Å². The van der Waals surface area contributed by atoms with E-state index >= 15 is 0 Å². The molecule has 1 saturated carbocycles. The molecular weight excluding hydrogens is 201 g/mol. The summed E-state index contributed by atoms with van der Waals surface area (Å²) in [6.07, 6.45) is 5.98. The van der Waals surface area contributed by atoms with Crippen LogP contribution in [0.2, 0.25) is 5.82 Å². The smallest absolute Gasteiger partial charge is 0.0784 e. The van der Waals surface area contributed by atoms with Crippen LogP contribution in [0, 0.1) is 5.92 Å². The molecule has 2 aliphatic rings. The lowest BCUT2D eigenvalue weighted by Gasteiger charge is -2.49. The molecule has 0 spiro atoms. The van der Waals surface area contributed by atoms with Crippen LogP contribution in [0.25, 0.3) is 0 Å². The monoisotopic (exact) mass is 221 g/mol. The fraction of sp³-hybridized carbons (Fsp3) is 0.917. The van der Waals surface area contributed by atoms with Gasteiger partial charge in [-0.2, -0.15) is 0 Å². The zero-order chi connectivity index (χ0) is 11.0. The number of fused-ring (bicyclic) bond motifs is 1. The summed E-state index contributed by atoms with van der Waals surface area (Å²) in [6, 6.07) is 1.24. The number of hydrogen-bond acceptors (Lipinski definition) is 1. The Morgan fingerprint density at radius 2 is 2.07 bits per heavy atom. The third-order valence-electron chi connectivity index (χ3n) is 3.91. The molecule has 0 aromatic heterocycles. The van der Waals surface area contributed by atoms with E-state index in [1.165, 1.54) is 30.7 Å². The molecule has 3 unspecified atom stereocenters. The Kier molecular flexibility index (Phi) is 3.39. The Balaban J connectivity index is 2.12. The van der Waals surface area contributed by atoms with Crippen molar-refractivity contribution in [3.05, 3.63) is 0 Å². The molecule has 0 aromatic rings. The third-order valence-corrected chi connectivity index (χ3v) is 4.33. The lowest BCUT2D eigenvalue weighted by atomic mass is 9.66. The Morgan fingerprint density at radius 3 is 2.73 bits per heavy atom. The summed E-state index contributed by atoms with van der Waals surface area (Å²) < 4.78 is 0. The molecule has 0 N–H and O–H groups in total. The van der Waals surface area contributed by atoms with E-state index < -0.39 is 0 Å². The van der Waals surface area contributed by atoms with E-state index in [4.69, 9.17) is 20.1 Å². The van der Waals surface area contributed by atoms with Crippen molar-refractivity contribution in [1.82, 2.24) is 4.90 Å². The largest absolute Gasteiger partial charge is 0.360 e. The van der Waals surface area contributed by atoms with Crippen LogP contribution in [-0.4, -0.2) is 29.8 Å². The van der Waals surface area contributed by atoms with E-state index in [-0.39, 0.29) is 0 Å². The first-order valence-electron chi connectivity index (χ1n) is 6.16. The van der Waals surface area contributed by atoms with Gasteiger partial charge in [0.15, 0.2) is 0 Å². The van der Waals surface area contributed by atoms with Gasteiger partial charge in [0.05, 0.1) is 12.8 Å². The highest BCUT2D eigenvalue weighted by Gasteiger charge is 2.37. The molecule has 1 heterocycles. The standard InChI is InChI=1S/C12H20BNS/c1-8(2)14-11-5-4-10(13)7-9(11)3-6-12(14)15/h8-11H,3-7H2,1-2H3. The van der Waals surface area contributed by atoms with Gasteiger partial charge < -0.3 is 4.90 Å². The van der Waals surface area contributed by atoms with Crippen LogP contribution in [0.15, 0.2) is 0 Å². The molecular formula is C12H20BNS. The van der Waals surface area contributed by atoms with Gasteiger partial charge in [0.1, 0.15) is 0 Å². The van der Waals surface area contributed by atoms with Crippen molar-refractivity contribution in [2.45, 2.75) is 63.9 Å². The third kappa shape index (κ3) is 2.22. The van der Waals surface area contributed by atoms with Crippen LogP contribution < -0.4 is 0 Å². The summed E-state index contributed by atoms with van der Waals surface area (Å²) in [7, 11) is 6.05. The second kappa shape index (κ2) is 4.44. The van der Waals surface area contributed by atoms with Crippen LogP contribution in [0.1, 0.15) is 46.0 Å². The van der Waals surface area contributed by atoms with Gasteiger partial charge in [0.25, 0.3) is 0 Å². The van der Waals surface area contributed by atoms with Crippen molar-refractivity contribution >= 4 is 25.1 Å². The van der Waals surface area contributed by atoms with Gasteiger partial charge in [0.2, 0.25) is 0 Å². The van der Waals surface area contributed by atoms with Crippen LogP contribution >= 0.6 is 12.2 Å². The Bertz CT molecular complexity index is 254. The van der Waals surface area contributed by atoms with Crippen LogP contribution in [0.4, 0.5) is 0 Å². The zero-order valence-corrected chi connectivity index (χ0v) is 10.6. The van der Waals surface area contributed by atoms with E-state index in [1.54, 1.807) is 0 Å². The molecule has 0 amide bonds. The predicted octanol–water partition coefficient (Wildman–Crippen LogP) is 2.94. The van der Waals surface area contributed by atoms with E-state index in [2.05, 4.69) is 18.7 Å². The van der Waals surface area contributed by atoms with E-state index in [1.807, 2.05) is 0 Å². The van der Waals surface area contributed by atoms with Crippen molar-refractivity contribution in [3.8, 4) is 0 Å². The average Bonchev–Trinajstić information content (AvgIpc) is 2.17. The number of rotatable bonds is 1. The normalized spacial score (nSPS) is 36.9. The van der Waals surface area contributed by atoms with E-state index in [0.29, 0.717) is 17.9 Å². The van der Waals surface area contributed by atoms with Crippen LogP contribution in [-0.2, 0) is 0 Å². The van der Waals surface area contributed by atoms with Crippen molar-refractivity contribution in [1.29, 1.82) is 0 Å². The molecule has 3 heteroatoms. The van der Waals surface area contributed by atoms with Gasteiger partial charge in [0, 0.05) is 12.1 Å². The highest BCUT2D eigenvalue weighted by molar-refractivity contribution is 7.80. The maximum atomic E-state index is 6.05. The first-order chi connectivity index (χ1) is 7.09. The molecule has 2 rings (SSSR count). The molecule has 2 fully saturated rings. The predicted molar refractivity (Wildman–Crippen MR) is 69.4 cm³/mol. The summed E-state index contributed by atoms with van der Waals surface area (Å²) in [6.45, 7) is 4.51. The Hall–Kier alpha value is -0.0451. The van der Waals surface area contributed by atoms with E-state index in [0.717, 1.165) is 12.3 Å². The molecule has 82 valence electrons. The van der Waals surface area contributed by atoms with Gasteiger partial charge in [-0.3, -0.25) is 0 Å². The second-order valence-corrected chi connectivity index (χ2v) is 5.81. The van der Waals surface area contributed by atoms with Crippen molar-refractivity contribution < 1.29 is 0 Å². The number of hydrogen-bond donors (Lipinski definition) is 0. The maximum absolute atomic E-state index is 6.05. The number of thiocarbonyl (C=S) groups is 1. The first-order valence-corrected chi connectivity index (χ1v) is 6.57.